The highest BCUT2D eigenvalue weighted by atomic mass is 35.5. The van der Waals surface area contributed by atoms with Crippen LogP contribution in [0.25, 0.3) is 10.9 Å². The average molecular weight is 813 g/mol. The van der Waals surface area contributed by atoms with Crippen molar-refractivity contribution in [3.05, 3.63) is 101 Å². The molecule has 1 unspecified atom stereocenters. The molecular formula is C43H62ClN4O7P. The number of nitrogens with zero attached hydrogens (tertiary/aromatic N) is 1. The highest BCUT2D eigenvalue weighted by Gasteiger charge is 2.24. The summed E-state index contributed by atoms with van der Waals surface area (Å²) in [6.07, 6.45) is 11.7. The number of nitrogens with one attached hydrogen (secondary N) is 3. The van der Waals surface area contributed by atoms with Crippen LogP contribution >= 0.6 is 19.4 Å². The van der Waals surface area contributed by atoms with Crippen LogP contribution in [0.4, 0.5) is 4.79 Å². The molecule has 3 aromatic carbocycles. The number of hydrogen-bond acceptors (Lipinski definition) is 7. The van der Waals surface area contributed by atoms with Gasteiger partial charge in [0.15, 0.2) is 0 Å². The van der Waals surface area contributed by atoms with Gasteiger partial charge in [0.05, 0.1) is 11.6 Å². The van der Waals surface area contributed by atoms with Gasteiger partial charge in [0, 0.05) is 30.1 Å². The predicted octanol–water partition coefficient (Wildman–Crippen LogP) is 10.2. The van der Waals surface area contributed by atoms with Crippen molar-refractivity contribution in [3.8, 4) is 5.75 Å². The van der Waals surface area contributed by atoms with E-state index >= 15 is 0 Å². The van der Waals surface area contributed by atoms with Crippen LogP contribution in [0.2, 0.25) is 5.02 Å². The number of fused-ring (bicyclic) bond motifs is 1. The van der Waals surface area contributed by atoms with E-state index < -0.39 is 20.0 Å². The Morgan fingerprint density at radius 3 is 2.04 bits per heavy atom. The molecule has 0 fully saturated rings. The summed E-state index contributed by atoms with van der Waals surface area (Å²) in [4.78, 5) is 41.4. The van der Waals surface area contributed by atoms with Crippen LogP contribution in [0.15, 0.2) is 85.1 Å². The molecule has 0 aliphatic heterocycles. The number of aromatic amines is 1. The van der Waals surface area contributed by atoms with Gasteiger partial charge in [0.2, 0.25) is 5.91 Å². The van der Waals surface area contributed by atoms with E-state index in [0.717, 1.165) is 79.8 Å². The summed E-state index contributed by atoms with van der Waals surface area (Å²) in [6, 6.07) is 23.0. The fraction of sp³-hybridized carbons (Fsp3) is 0.488. The molecule has 1 aromatic heterocycles. The second-order valence-corrected chi connectivity index (χ2v) is 15.4. The van der Waals surface area contributed by atoms with Crippen molar-refractivity contribution in [2.45, 2.75) is 104 Å². The fourth-order valence-corrected chi connectivity index (χ4v) is 7.18. The molecule has 13 heteroatoms. The van der Waals surface area contributed by atoms with Gasteiger partial charge in [-0.05, 0) is 61.8 Å². The number of phosphoric acid groups is 1. The molecule has 0 radical (unpaired) electrons. The smallest absolute Gasteiger partial charge is 0.445 e. The molecule has 4 rings (SSSR count). The van der Waals surface area contributed by atoms with Gasteiger partial charge in [0.1, 0.15) is 18.4 Å². The van der Waals surface area contributed by atoms with E-state index in [4.69, 9.17) is 25.4 Å². The minimum absolute atomic E-state index is 0.122. The summed E-state index contributed by atoms with van der Waals surface area (Å²) in [5, 5.41) is 7.05. The van der Waals surface area contributed by atoms with Crippen LogP contribution in [-0.4, -0.2) is 65.6 Å². The Bertz CT molecular complexity index is 1730. The Hall–Kier alpha value is -3.86. The maximum atomic E-state index is 13.2. The number of H-pyrrole nitrogens is 1. The third-order valence-corrected chi connectivity index (χ3v) is 10.7. The van der Waals surface area contributed by atoms with Gasteiger partial charge >= 0.3 is 13.9 Å². The van der Waals surface area contributed by atoms with E-state index in [0.29, 0.717) is 19.4 Å². The number of benzene rings is 3. The largest absolute Gasteiger partial charge is 0.527 e. The molecule has 4 aromatic rings. The van der Waals surface area contributed by atoms with Crippen molar-refractivity contribution in [2.75, 3.05) is 32.8 Å². The SMILES string of the molecule is CCN(CC)CC.O=C(N[C@H](Cc1c[nH]c2ccccc12)C(=O)NCCCCCCCCCCCCOP(=O)(O)Oc1ccccc1Cl)OCc1ccccc1. The number of halogens is 1. The van der Waals surface area contributed by atoms with Crippen LogP contribution in [0.1, 0.15) is 96.1 Å². The Morgan fingerprint density at radius 2 is 1.39 bits per heavy atom. The molecule has 2 atom stereocenters. The monoisotopic (exact) mass is 812 g/mol. The Morgan fingerprint density at radius 1 is 0.804 bits per heavy atom. The van der Waals surface area contributed by atoms with E-state index in [1.54, 1.807) is 18.2 Å². The van der Waals surface area contributed by atoms with E-state index in [9.17, 15) is 19.0 Å². The molecule has 2 amide bonds. The number of hydrogen-bond donors (Lipinski definition) is 4. The number of aromatic nitrogens is 1. The fourth-order valence-electron chi connectivity index (χ4n) is 6.13. The van der Waals surface area contributed by atoms with Gasteiger partial charge in [-0.1, -0.05) is 144 Å². The number of amides is 2. The first-order chi connectivity index (χ1) is 27.2. The number of carbonyl (C=O) groups is 2. The molecule has 0 aliphatic carbocycles. The molecule has 1 heterocycles. The second kappa shape index (κ2) is 26.9. The summed E-state index contributed by atoms with van der Waals surface area (Å²) in [5.41, 5.74) is 2.79. The quantitative estimate of drug-likeness (QED) is 0.0383. The number of phosphoric ester groups is 1. The van der Waals surface area contributed by atoms with E-state index in [1.807, 2.05) is 60.8 Å². The predicted molar refractivity (Wildman–Crippen MR) is 226 cm³/mol. The number of para-hydroxylation sites is 2. The summed E-state index contributed by atoms with van der Waals surface area (Å²) in [6.45, 7) is 10.9. The number of ether oxygens (including phenoxy) is 1. The Labute approximate surface area is 338 Å². The number of unbranched alkanes of at least 4 members (excludes halogenated alkanes) is 9. The molecule has 0 aliphatic rings. The van der Waals surface area contributed by atoms with Crippen molar-refractivity contribution in [2.24, 2.45) is 0 Å². The first-order valence-corrected chi connectivity index (χ1v) is 22.0. The molecule has 11 nitrogen and oxygen atoms in total. The topological polar surface area (TPSA) is 142 Å². The van der Waals surface area contributed by atoms with Crippen molar-refractivity contribution >= 4 is 42.3 Å². The molecular weight excluding hydrogens is 751 g/mol. The highest BCUT2D eigenvalue weighted by Crippen LogP contribution is 2.45. The summed E-state index contributed by atoms with van der Waals surface area (Å²) in [7, 11) is -4.20. The molecule has 308 valence electrons. The first kappa shape index (κ1) is 46.5. The normalized spacial score (nSPS) is 12.7. The van der Waals surface area contributed by atoms with Crippen LogP contribution in [-0.2, 0) is 31.6 Å². The second-order valence-electron chi connectivity index (χ2n) is 13.6. The maximum absolute atomic E-state index is 13.2. The highest BCUT2D eigenvalue weighted by molar-refractivity contribution is 7.47. The van der Waals surface area contributed by atoms with Crippen LogP contribution in [0.5, 0.6) is 5.75 Å². The summed E-state index contributed by atoms with van der Waals surface area (Å²) >= 11 is 5.96. The van der Waals surface area contributed by atoms with Crippen molar-refractivity contribution < 1.29 is 32.8 Å². The van der Waals surface area contributed by atoms with Crippen LogP contribution < -0.4 is 15.2 Å². The minimum atomic E-state index is -4.20. The number of carbonyl (C=O) groups excluding carboxylic acids is 2. The van der Waals surface area contributed by atoms with E-state index in [2.05, 4.69) is 41.3 Å². The number of alkyl carbamates (subject to hydrolysis) is 1. The van der Waals surface area contributed by atoms with Gasteiger partial charge in [-0.25, -0.2) is 9.36 Å². The van der Waals surface area contributed by atoms with E-state index in [-0.39, 0.29) is 29.9 Å². The molecule has 0 saturated carbocycles. The lowest BCUT2D eigenvalue weighted by molar-refractivity contribution is -0.123. The average Bonchev–Trinajstić information content (AvgIpc) is 3.61. The third kappa shape index (κ3) is 18.4. The van der Waals surface area contributed by atoms with Crippen molar-refractivity contribution in [1.29, 1.82) is 0 Å². The third-order valence-electron chi connectivity index (χ3n) is 9.44. The van der Waals surface area contributed by atoms with Gasteiger partial charge in [-0.15, -0.1) is 0 Å². The molecule has 0 saturated heterocycles. The molecule has 0 bridgehead atoms. The number of rotatable bonds is 25. The van der Waals surface area contributed by atoms with Crippen LogP contribution in [0, 0.1) is 0 Å². The zero-order valence-electron chi connectivity index (χ0n) is 33.4. The lowest BCUT2D eigenvalue weighted by Crippen LogP contribution is -2.48. The zero-order valence-corrected chi connectivity index (χ0v) is 35.0. The van der Waals surface area contributed by atoms with Gasteiger partial charge in [-0.2, -0.15) is 0 Å². The van der Waals surface area contributed by atoms with Gasteiger partial charge in [0.25, 0.3) is 0 Å². The minimum Gasteiger partial charge on any atom is -0.445 e. The Balaban J connectivity index is 0.00000109. The van der Waals surface area contributed by atoms with Crippen LogP contribution in [0.3, 0.4) is 0 Å². The van der Waals surface area contributed by atoms with Crippen molar-refractivity contribution in [1.82, 2.24) is 20.5 Å². The van der Waals surface area contributed by atoms with Gasteiger partial charge < -0.3 is 29.8 Å². The lowest BCUT2D eigenvalue weighted by Gasteiger charge is -2.18. The lowest BCUT2D eigenvalue weighted by atomic mass is 10.0. The standard InChI is InChI=1S/C37H47ClN3O7P.C6H15N/c38-32-21-13-15-23-35(32)48-49(44,45)47-25-17-8-6-4-2-1-3-5-7-16-24-39-36(42)34(26-30-27-40-33-22-14-12-20-31(30)33)41-37(43)46-28-29-18-10-9-11-19-29;1-4-7(5-2)6-3/h9-15,18-23,27,34,40H,1-8,16-17,24-26,28H2,(H,39,42)(H,41,43)(H,44,45);4-6H2,1-3H3/t34-;/m1./s1. The summed E-state index contributed by atoms with van der Waals surface area (Å²) < 4.78 is 27.6. The maximum Gasteiger partial charge on any atom is 0.527 e. The first-order valence-electron chi connectivity index (χ1n) is 20.1. The molecule has 0 spiro atoms. The zero-order chi connectivity index (χ0) is 40.4. The summed E-state index contributed by atoms with van der Waals surface area (Å²) in [5.74, 6) is -0.112. The molecule has 4 N–H and O–H groups in total. The van der Waals surface area contributed by atoms with Crippen molar-refractivity contribution in [3.63, 3.8) is 0 Å². The van der Waals surface area contributed by atoms with Gasteiger partial charge in [-0.3, -0.25) is 14.2 Å². The van der Waals surface area contributed by atoms with E-state index in [1.165, 1.54) is 25.7 Å². The Kier molecular flexibility index (Phi) is 22.3. The molecule has 56 heavy (non-hydrogen) atoms.